The first-order chi connectivity index (χ1) is 9.48. The normalized spacial score (nSPS) is 29.2. The lowest BCUT2D eigenvalue weighted by molar-refractivity contribution is 0.0671. The molecule has 3 heterocycles. The molecular weight excluding hydrogens is 298 g/mol. The van der Waals surface area contributed by atoms with Crippen LogP contribution in [-0.4, -0.2) is 60.5 Å². The predicted octanol–water partition coefficient (Wildman–Crippen LogP) is 0.225. The summed E-state index contributed by atoms with van der Waals surface area (Å²) in [6.07, 6.45) is 3.12. The van der Waals surface area contributed by atoms with Gasteiger partial charge in [-0.05, 0) is 38.8 Å². The molecule has 2 atom stereocenters. The van der Waals surface area contributed by atoms with E-state index in [4.69, 9.17) is 5.73 Å². The number of rotatable bonds is 2. The van der Waals surface area contributed by atoms with Gasteiger partial charge < -0.3 is 10.6 Å². The fourth-order valence-corrected chi connectivity index (χ4v) is 5.71. The third-order valence-corrected chi connectivity index (χ3v) is 7.25. The minimum atomic E-state index is -3.53. The van der Waals surface area contributed by atoms with Crippen molar-refractivity contribution in [3.63, 3.8) is 0 Å². The molecule has 2 aliphatic heterocycles. The van der Waals surface area contributed by atoms with Crippen molar-refractivity contribution < 1.29 is 8.42 Å². The van der Waals surface area contributed by atoms with E-state index < -0.39 is 10.0 Å². The highest BCUT2D eigenvalue weighted by Gasteiger charge is 2.39. The molecule has 0 aromatic carbocycles. The average molecular weight is 317 g/mol. The Balaban J connectivity index is 1.79. The Hall–Kier alpha value is -0.770. The molecule has 0 amide bonds. The molecule has 0 radical (unpaired) electrons. The topological polar surface area (TPSA) is 92.4 Å². The fourth-order valence-electron chi connectivity index (χ4n) is 3.27. The molecule has 2 aliphatic rings. The maximum atomic E-state index is 12.5. The molecule has 112 valence electrons. The number of hydrogen-bond acceptors (Lipinski definition) is 7. The number of aromatic nitrogens is 2. The summed E-state index contributed by atoms with van der Waals surface area (Å²) >= 11 is 0.934. The van der Waals surface area contributed by atoms with Crippen molar-refractivity contribution in [1.29, 1.82) is 0 Å². The van der Waals surface area contributed by atoms with Gasteiger partial charge >= 0.3 is 0 Å². The van der Waals surface area contributed by atoms with E-state index in [1.807, 2.05) is 0 Å². The number of sulfonamides is 1. The number of anilines is 1. The van der Waals surface area contributed by atoms with E-state index in [9.17, 15) is 8.42 Å². The Morgan fingerprint density at radius 2 is 2.10 bits per heavy atom. The minimum Gasteiger partial charge on any atom is -0.374 e. The van der Waals surface area contributed by atoms with Crippen LogP contribution in [0.15, 0.2) is 4.34 Å². The second-order valence-electron chi connectivity index (χ2n) is 5.51. The van der Waals surface area contributed by atoms with Gasteiger partial charge in [0.25, 0.3) is 10.0 Å². The third-order valence-electron chi connectivity index (χ3n) is 4.29. The van der Waals surface area contributed by atoms with Crippen LogP contribution in [0.3, 0.4) is 0 Å². The number of nitrogen functional groups attached to an aromatic ring is 1. The maximum Gasteiger partial charge on any atom is 0.272 e. The van der Waals surface area contributed by atoms with E-state index in [-0.39, 0.29) is 9.47 Å². The molecule has 0 aliphatic carbocycles. The Bertz CT molecular complexity index is 587. The van der Waals surface area contributed by atoms with Crippen LogP contribution in [0.5, 0.6) is 0 Å². The molecule has 20 heavy (non-hydrogen) atoms. The van der Waals surface area contributed by atoms with Crippen molar-refractivity contribution in [2.24, 2.45) is 5.92 Å². The second kappa shape index (κ2) is 5.21. The summed E-state index contributed by atoms with van der Waals surface area (Å²) in [6, 6.07) is 0.509. The molecule has 2 N–H and O–H groups in total. The van der Waals surface area contributed by atoms with Crippen molar-refractivity contribution in [2.75, 3.05) is 32.4 Å². The standard InChI is InChI=1S/C11H19N5O2S2/c1-15-5-2-3-8-7-16(6-4-9(8)15)20(17,18)11-14-13-10(12)19-11/h8-9H,2-7H2,1H3,(H2,12,13). The van der Waals surface area contributed by atoms with Gasteiger partial charge in [-0.2, -0.15) is 4.31 Å². The number of nitrogens with zero attached hydrogens (tertiary/aromatic N) is 4. The van der Waals surface area contributed by atoms with Gasteiger partial charge in [-0.15, -0.1) is 10.2 Å². The van der Waals surface area contributed by atoms with Gasteiger partial charge in [-0.25, -0.2) is 8.42 Å². The molecule has 2 fully saturated rings. The molecule has 2 saturated heterocycles. The summed E-state index contributed by atoms with van der Waals surface area (Å²) in [5.74, 6) is 0.419. The highest BCUT2D eigenvalue weighted by molar-refractivity contribution is 7.91. The van der Waals surface area contributed by atoms with Crippen molar-refractivity contribution in [3.8, 4) is 0 Å². The van der Waals surface area contributed by atoms with Crippen LogP contribution in [0.4, 0.5) is 5.13 Å². The summed E-state index contributed by atoms with van der Waals surface area (Å²) < 4.78 is 26.6. The lowest BCUT2D eigenvalue weighted by Crippen LogP contribution is -2.53. The van der Waals surface area contributed by atoms with Gasteiger partial charge in [0.2, 0.25) is 9.47 Å². The van der Waals surface area contributed by atoms with E-state index in [1.54, 1.807) is 4.31 Å². The molecule has 0 bridgehead atoms. The zero-order valence-corrected chi connectivity index (χ0v) is 13.0. The minimum absolute atomic E-state index is 0.0117. The maximum absolute atomic E-state index is 12.5. The molecule has 9 heteroatoms. The first-order valence-electron chi connectivity index (χ1n) is 6.78. The van der Waals surface area contributed by atoms with Crippen LogP contribution in [0.2, 0.25) is 0 Å². The lowest BCUT2D eigenvalue weighted by atomic mass is 9.85. The van der Waals surface area contributed by atoms with Crippen molar-refractivity contribution >= 4 is 26.5 Å². The Labute approximate surface area is 122 Å². The van der Waals surface area contributed by atoms with Crippen LogP contribution >= 0.6 is 11.3 Å². The summed E-state index contributed by atoms with van der Waals surface area (Å²) in [4.78, 5) is 2.36. The molecular formula is C11H19N5O2S2. The van der Waals surface area contributed by atoms with E-state index >= 15 is 0 Å². The Kier molecular flexibility index (Phi) is 3.69. The molecule has 3 rings (SSSR count). The summed E-state index contributed by atoms with van der Waals surface area (Å²) in [6.45, 7) is 2.24. The Morgan fingerprint density at radius 3 is 2.80 bits per heavy atom. The smallest absolute Gasteiger partial charge is 0.272 e. The number of hydrogen-bond donors (Lipinski definition) is 1. The van der Waals surface area contributed by atoms with E-state index in [0.717, 1.165) is 37.1 Å². The van der Waals surface area contributed by atoms with Crippen LogP contribution in [-0.2, 0) is 10.0 Å². The monoisotopic (exact) mass is 317 g/mol. The molecule has 0 spiro atoms. The molecule has 7 nitrogen and oxygen atoms in total. The fraction of sp³-hybridized carbons (Fsp3) is 0.818. The number of fused-ring (bicyclic) bond motifs is 1. The largest absolute Gasteiger partial charge is 0.374 e. The van der Waals surface area contributed by atoms with Crippen LogP contribution in [0.1, 0.15) is 19.3 Å². The number of likely N-dealkylation sites (tertiary alicyclic amines) is 1. The summed E-state index contributed by atoms with van der Waals surface area (Å²) in [5.41, 5.74) is 5.48. The van der Waals surface area contributed by atoms with E-state index in [0.29, 0.717) is 25.0 Å². The number of nitrogens with two attached hydrogens (primary N) is 1. The van der Waals surface area contributed by atoms with Crippen LogP contribution in [0.25, 0.3) is 0 Å². The second-order valence-corrected chi connectivity index (χ2v) is 8.63. The third kappa shape index (κ3) is 2.43. The van der Waals surface area contributed by atoms with Crippen LogP contribution < -0.4 is 5.73 Å². The van der Waals surface area contributed by atoms with Crippen LogP contribution in [0, 0.1) is 5.92 Å². The van der Waals surface area contributed by atoms with Gasteiger partial charge in [-0.3, -0.25) is 0 Å². The van der Waals surface area contributed by atoms with Crippen molar-refractivity contribution in [3.05, 3.63) is 0 Å². The van der Waals surface area contributed by atoms with Crippen molar-refractivity contribution in [2.45, 2.75) is 29.6 Å². The first-order valence-corrected chi connectivity index (χ1v) is 9.03. The highest BCUT2D eigenvalue weighted by atomic mass is 32.2. The molecule has 1 aromatic heterocycles. The number of piperidine rings is 2. The first kappa shape index (κ1) is 14.2. The lowest BCUT2D eigenvalue weighted by Gasteiger charge is -2.45. The van der Waals surface area contributed by atoms with Gasteiger partial charge in [-0.1, -0.05) is 11.3 Å². The van der Waals surface area contributed by atoms with E-state index in [2.05, 4.69) is 22.1 Å². The zero-order chi connectivity index (χ0) is 14.3. The van der Waals surface area contributed by atoms with Gasteiger partial charge in [0.05, 0.1) is 0 Å². The zero-order valence-electron chi connectivity index (χ0n) is 11.4. The van der Waals surface area contributed by atoms with Gasteiger partial charge in [0.15, 0.2) is 0 Å². The molecule has 1 aromatic rings. The summed E-state index contributed by atoms with van der Waals surface area (Å²) in [7, 11) is -1.40. The SMILES string of the molecule is CN1CCCC2CN(S(=O)(=O)c3nnc(N)s3)CCC21. The molecule has 2 unspecified atom stereocenters. The van der Waals surface area contributed by atoms with Crippen molar-refractivity contribution in [1.82, 2.24) is 19.4 Å². The average Bonchev–Trinajstić information content (AvgIpc) is 2.86. The summed E-state index contributed by atoms with van der Waals surface area (Å²) in [5, 5.41) is 7.48. The predicted molar refractivity (Wildman–Crippen MR) is 76.8 cm³/mol. The van der Waals surface area contributed by atoms with Gasteiger partial charge in [0, 0.05) is 19.1 Å². The Morgan fingerprint density at radius 1 is 1.30 bits per heavy atom. The molecule has 0 saturated carbocycles. The highest BCUT2D eigenvalue weighted by Crippen LogP contribution is 2.32. The quantitative estimate of drug-likeness (QED) is 0.839. The van der Waals surface area contributed by atoms with Gasteiger partial charge in [0.1, 0.15) is 0 Å². The van der Waals surface area contributed by atoms with E-state index in [1.165, 1.54) is 0 Å².